The summed E-state index contributed by atoms with van der Waals surface area (Å²) >= 11 is 0. The van der Waals surface area contributed by atoms with E-state index in [1.165, 1.54) is 36.1 Å². The van der Waals surface area contributed by atoms with Crippen molar-refractivity contribution in [2.24, 2.45) is 17.6 Å². The van der Waals surface area contributed by atoms with E-state index in [0.717, 1.165) is 5.56 Å². The van der Waals surface area contributed by atoms with Crippen LogP contribution in [0, 0.1) is 11.8 Å². The van der Waals surface area contributed by atoms with Crippen LogP contribution in [0.1, 0.15) is 65.0 Å². The minimum absolute atomic E-state index is 0.000496. The van der Waals surface area contributed by atoms with Gasteiger partial charge in [0.15, 0.2) is 6.04 Å². The van der Waals surface area contributed by atoms with Gasteiger partial charge in [0.2, 0.25) is 35.4 Å². The van der Waals surface area contributed by atoms with Crippen LogP contribution < -0.4 is 38.1 Å². The number of nitrogens with zero attached hydrogens (tertiary/aromatic N) is 1. The molecule has 1 heterocycles. The molecule has 0 spiro atoms. The quantitative estimate of drug-likeness (QED) is 0.0823. The second-order valence-corrected chi connectivity index (χ2v) is 15.0. The largest absolute Gasteiger partial charge is 0.508 e. The number of aromatic hydroxyl groups is 2. The van der Waals surface area contributed by atoms with E-state index in [9.17, 15) is 43.8 Å². The molecule has 17 heteroatoms. The van der Waals surface area contributed by atoms with Crippen LogP contribution in [0.5, 0.6) is 11.5 Å². The molecule has 3 rings (SSSR count). The van der Waals surface area contributed by atoms with Gasteiger partial charge in [-0.1, -0.05) is 52.0 Å². The van der Waals surface area contributed by atoms with Crippen molar-refractivity contribution in [3.63, 3.8) is 0 Å². The topological polar surface area (TPSA) is 277 Å². The van der Waals surface area contributed by atoms with Crippen molar-refractivity contribution in [2.75, 3.05) is 13.1 Å². The van der Waals surface area contributed by atoms with E-state index in [4.69, 9.17) is 5.73 Å². The van der Waals surface area contributed by atoms with E-state index < -0.39 is 90.1 Å². The summed E-state index contributed by atoms with van der Waals surface area (Å²) < 4.78 is 0. The SMILES string of the molecule is CC(C)CC(NC(=O)C(Cc1ccc(O)cc1)NC(=O)CNC(=O)C(NC(=O)C(C)NC(=O)C([NH3+])Cc1ccc(O)cc1)C(C)C)C(=O)N1CCCC1C(N)=O. The van der Waals surface area contributed by atoms with Gasteiger partial charge >= 0.3 is 0 Å². The fraction of sp³-hybridized carbons (Fsp3) is 0.513. The van der Waals surface area contributed by atoms with Crippen LogP contribution in [0.2, 0.25) is 0 Å². The molecule has 1 aliphatic rings. The van der Waals surface area contributed by atoms with Crippen molar-refractivity contribution in [1.82, 2.24) is 31.5 Å². The molecule has 12 N–H and O–H groups in total. The molecule has 2 aromatic rings. The standard InChI is InChI=1S/C39H56N8O9/c1-21(2)17-30(39(56)47-16-6-7-31(47)34(41)51)45-37(54)29(19-25-10-14-27(49)15-11-25)44-32(50)20-42-38(55)33(22(3)4)46-35(52)23(5)43-36(53)28(40)18-24-8-12-26(48)13-9-24/h8-15,21-23,28-31,33,48-49H,6-7,16-20,40H2,1-5H3,(H2,41,51)(H,42,55)(H,43,53)(H,44,50)(H,45,54)(H,46,52)/p+1. The van der Waals surface area contributed by atoms with E-state index in [1.54, 1.807) is 38.1 Å². The third-order valence-electron chi connectivity index (χ3n) is 9.43. The molecule has 1 aliphatic heterocycles. The second kappa shape index (κ2) is 20.8. The van der Waals surface area contributed by atoms with Gasteiger partial charge in [-0.25, -0.2) is 0 Å². The molecule has 1 saturated heterocycles. The highest BCUT2D eigenvalue weighted by molar-refractivity contribution is 5.96. The Labute approximate surface area is 326 Å². The third kappa shape index (κ3) is 13.5. The van der Waals surface area contributed by atoms with E-state index >= 15 is 0 Å². The van der Waals surface area contributed by atoms with Gasteiger partial charge in [-0.05, 0) is 73.4 Å². The number of hydrogen-bond acceptors (Lipinski definition) is 9. The number of carbonyl (C=O) groups excluding carboxylic acids is 7. The number of amides is 7. The first-order chi connectivity index (χ1) is 26.4. The zero-order valence-electron chi connectivity index (χ0n) is 32.7. The van der Waals surface area contributed by atoms with Crippen molar-refractivity contribution in [1.29, 1.82) is 0 Å². The summed E-state index contributed by atoms with van der Waals surface area (Å²) in [5, 5.41) is 32.4. The molecule has 6 atom stereocenters. The number of phenolic OH excluding ortho intramolecular Hbond substituents is 2. The van der Waals surface area contributed by atoms with Gasteiger partial charge in [-0.15, -0.1) is 0 Å². The fourth-order valence-electron chi connectivity index (χ4n) is 6.31. The second-order valence-electron chi connectivity index (χ2n) is 15.0. The fourth-order valence-corrected chi connectivity index (χ4v) is 6.31. The minimum Gasteiger partial charge on any atom is -0.508 e. The summed E-state index contributed by atoms with van der Waals surface area (Å²) in [6, 6.07) is 6.47. The van der Waals surface area contributed by atoms with Crippen molar-refractivity contribution in [2.45, 2.75) is 103 Å². The number of likely N-dealkylation sites (tertiary alicyclic amines) is 1. The molecular formula is C39H57N8O9+. The molecule has 0 bridgehead atoms. The number of nitrogens with one attached hydrogen (secondary N) is 5. The number of primary amides is 1. The van der Waals surface area contributed by atoms with Crippen LogP contribution in [-0.4, -0.2) is 106 Å². The smallest absolute Gasteiger partial charge is 0.279 e. The lowest BCUT2D eigenvalue weighted by Gasteiger charge is -2.30. The molecule has 0 saturated carbocycles. The van der Waals surface area contributed by atoms with Gasteiger partial charge in [-0.3, -0.25) is 33.6 Å². The molecule has 1 fully saturated rings. The van der Waals surface area contributed by atoms with Crippen LogP contribution in [0.25, 0.3) is 0 Å². The molecule has 0 aromatic heterocycles. The van der Waals surface area contributed by atoms with Crippen LogP contribution in [-0.2, 0) is 46.4 Å². The van der Waals surface area contributed by atoms with Crippen LogP contribution in [0.3, 0.4) is 0 Å². The first kappa shape index (κ1) is 44.7. The summed E-state index contributed by atoms with van der Waals surface area (Å²) in [6.07, 6.45) is 1.50. The average Bonchev–Trinajstić information content (AvgIpc) is 3.64. The van der Waals surface area contributed by atoms with Crippen molar-refractivity contribution in [3.8, 4) is 11.5 Å². The first-order valence-corrected chi connectivity index (χ1v) is 18.8. The summed E-state index contributed by atoms with van der Waals surface area (Å²) in [5.74, 6) is -4.66. The summed E-state index contributed by atoms with van der Waals surface area (Å²) in [4.78, 5) is 93.2. The Bertz CT molecular complexity index is 1700. The lowest BCUT2D eigenvalue weighted by Crippen LogP contribution is -2.69. The first-order valence-electron chi connectivity index (χ1n) is 18.8. The Morgan fingerprint density at radius 1 is 0.750 bits per heavy atom. The molecule has 56 heavy (non-hydrogen) atoms. The minimum atomic E-state index is -1.21. The maximum Gasteiger partial charge on any atom is 0.279 e. The molecule has 17 nitrogen and oxygen atoms in total. The average molecular weight is 782 g/mol. The Morgan fingerprint density at radius 2 is 1.32 bits per heavy atom. The lowest BCUT2D eigenvalue weighted by atomic mass is 10.00. The molecule has 0 aliphatic carbocycles. The van der Waals surface area contributed by atoms with Crippen molar-refractivity contribution in [3.05, 3.63) is 59.7 Å². The van der Waals surface area contributed by atoms with Gasteiger partial charge in [0.25, 0.3) is 5.91 Å². The lowest BCUT2D eigenvalue weighted by molar-refractivity contribution is -0.403. The summed E-state index contributed by atoms with van der Waals surface area (Å²) in [6.45, 7) is 8.35. The van der Waals surface area contributed by atoms with Crippen molar-refractivity contribution >= 4 is 41.4 Å². The number of benzene rings is 2. The maximum absolute atomic E-state index is 13.8. The van der Waals surface area contributed by atoms with E-state index in [1.807, 2.05) is 13.8 Å². The highest BCUT2D eigenvalue weighted by atomic mass is 16.3. The Balaban J connectivity index is 1.65. The summed E-state index contributed by atoms with van der Waals surface area (Å²) in [5.41, 5.74) is 10.8. The molecule has 7 amide bonds. The van der Waals surface area contributed by atoms with E-state index in [2.05, 4.69) is 32.3 Å². The number of quaternary nitrogens is 1. The highest BCUT2D eigenvalue weighted by Gasteiger charge is 2.38. The predicted molar refractivity (Wildman–Crippen MR) is 205 cm³/mol. The number of hydrogen-bond donors (Lipinski definition) is 9. The van der Waals surface area contributed by atoms with E-state index in [0.29, 0.717) is 24.9 Å². The van der Waals surface area contributed by atoms with Crippen molar-refractivity contribution < 1.29 is 49.5 Å². The van der Waals surface area contributed by atoms with Crippen LogP contribution >= 0.6 is 0 Å². The highest BCUT2D eigenvalue weighted by Crippen LogP contribution is 2.20. The normalized spacial score (nSPS) is 16.6. The zero-order valence-corrected chi connectivity index (χ0v) is 32.7. The molecular weight excluding hydrogens is 724 g/mol. The Morgan fingerprint density at radius 3 is 1.86 bits per heavy atom. The van der Waals surface area contributed by atoms with Crippen LogP contribution in [0.4, 0.5) is 0 Å². The van der Waals surface area contributed by atoms with Gasteiger partial charge in [-0.2, -0.15) is 0 Å². The molecule has 2 aromatic carbocycles. The van der Waals surface area contributed by atoms with Crippen LogP contribution in [0.15, 0.2) is 48.5 Å². The van der Waals surface area contributed by atoms with Gasteiger partial charge in [0, 0.05) is 19.4 Å². The Kier molecular flexibility index (Phi) is 16.6. The van der Waals surface area contributed by atoms with Gasteiger partial charge in [0.05, 0.1) is 6.54 Å². The number of phenols is 2. The van der Waals surface area contributed by atoms with E-state index in [-0.39, 0.29) is 36.7 Å². The zero-order chi connectivity index (χ0) is 41.7. The predicted octanol–water partition coefficient (Wildman–Crippen LogP) is -1.25. The monoisotopic (exact) mass is 781 g/mol. The van der Waals surface area contributed by atoms with Gasteiger partial charge < -0.3 is 53.2 Å². The molecule has 0 radical (unpaired) electrons. The van der Waals surface area contributed by atoms with Gasteiger partial charge in [0.1, 0.15) is 41.7 Å². The number of rotatable bonds is 19. The third-order valence-corrected chi connectivity index (χ3v) is 9.43. The number of carbonyl (C=O) groups is 7. The molecule has 6 unspecified atom stereocenters. The molecule has 306 valence electrons. The maximum atomic E-state index is 13.8. The Hall–Kier alpha value is -5.71. The summed E-state index contributed by atoms with van der Waals surface area (Å²) in [7, 11) is 0. The number of nitrogens with two attached hydrogens (primary N) is 1.